The number of benzene rings is 1. The van der Waals surface area contributed by atoms with Crippen LogP contribution in [-0.2, 0) is 6.54 Å². The molecule has 112 valence electrons. The van der Waals surface area contributed by atoms with E-state index in [0.717, 1.165) is 30.7 Å². The van der Waals surface area contributed by atoms with Gasteiger partial charge in [-0.25, -0.2) is 4.98 Å². The molecule has 1 saturated heterocycles. The predicted octanol–water partition coefficient (Wildman–Crippen LogP) is 3.38. The van der Waals surface area contributed by atoms with Gasteiger partial charge in [-0.05, 0) is 51.1 Å². The van der Waals surface area contributed by atoms with Gasteiger partial charge >= 0.3 is 0 Å². The molecule has 1 aliphatic rings. The molecule has 0 bridgehead atoms. The Morgan fingerprint density at radius 3 is 3.05 bits per heavy atom. The fraction of sp³-hybridized carbons (Fsp3) is 0.471. The number of rotatable bonds is 4. The molecule has 3 nitrogen and oxygen atoms in total. The van der Waals surface area contributed by atoms with Gasteiger partial charge in [0.25, 0.3) is 0 Å². The van der Waals surface area contributed by atoms with Crippen LogP contribution in [0.3, 0.4) is 0 Å². The molecule has 1 fully saturated rings. The molecule has 1 N–H and O–H groups in total. The average Bonchev–Trinajstić information content (AvgIpc) is 2.88. The molecule has 1 aliphatic heterocycles. The zero-order valence-electron chi connectivity index (χ0n) is 12.7. The number of aromatic nitrogens is 1. The van der Waals surface area contributed by atoms with E-state index in [-0.39, 0.29) is 0 Å². The van der Waals surface area contributed by atoms with Crippen molar-refractivity contribution in [1.82, 2.24) is 15.2 Å². The van der Waals surface area contributed by atoms with Crippen molar-refractivity contribution >= 4 is 22.5 Å². The maximum atomic E-state index is 6.41. The highest BCUT2D eigenvalue weighted by molar-refractivity contribution is 6.30. The molecule has 1 aromatic heterocycles. The lowest BCUT2D eigenvalue weighted by Gasteiger charge is -2.24. The predicted molar refractivity (Wildman–Crippen MR) is 88.8 cm³/mol. The van der Waals surface area contributed by atoms with Crippen LogP contribution >= 0.6 is 11.6 Å². The van der Waals surface area contributed by atoms with Crippen LogP contribution in [-0.4, -0.2) is 36.1 Å². The minimum absolute atomic E-state index is 0.611. The van der Waals surface area contributed by atoms with Crippen LogP contribution in [0.2, 0.25) is 5.15 Å². The third-order valence-electron chi connectivity index (χ3n) is 4.31. The third kappa shape index (κ3) is 3.20. The van der Waals surface area contributed by atoms with Gasteiger partial charge in [-0.2, -0.15) is 0 Å². The van der Waals surface area contributed by atoms with E-state index in [1.165, 1.54) is 23.8 Å². The van der Waals surface area contributed by atoms with Crippen LogP contribution in [0.4, 0.5) is 0 Å². The lowest BCUT2D eigenvalue weighted by Crippen LogP contribution is -2.36. The number of aryl methyl sites for hydroxylation is 1. The zero-order valence-corrected chi connectivity index (χ0v) is 13.5. The first-order chi connectivity index (χ1) is 10.2. The Balaban J connectivity index is 1.86. The lowest BCUT2D eigenvalue weighted by molar-refractivity contribution is 0.242. The number of fused-ring (bicyclic) bond motifs is 1. The van der Waals surface area contributed by atoms with E-state index in [1.807, 2.05) is 7.05 Å². The minimum Gasteiger partial charge on any atom is -0.318 e. The summed E-state index contributed by atoms with van der Waals surface area (Å²) in [4.78, 5) is 7.09. The van der Waals surface area contributed by atoms with Crippen molar-refractivity contribution in [3.8, 4) is 0 Å². The Labute approximate surface area is 131 Å². The van der Waals surface area contributed by atoms with Crippen molar-refractivity contribution in [2.24, 2.45) is 0 Å². The number of nitrogens with zero attached hydrogens (tertiary/aromatic N) is 2. The Kier molecular flexibility index (Phi) is 4.43. The number of likely N-dealkylation sites (N-methyl/N-ethyl adjacent to an activating group) is 1. The summed E-state index contributed by atoms with van der Waals surface area (Å²) in [6.07, 6.45) is 2.53. The molecular weight excluding hydrogens is 282 g/mol. The monoisotopic (exact) mass is 303 g/mol. The SMILES string of the molecule is CNCC1CCCN1Cc1cc2ccc(C)cc2nc1Cl. The van der Waals surface area contributed by atoms with Crippen molar-refractivity contribution < 1.29 is 0 Å². The summed E-state index contributed by atoms with van der Waals surface area (Å²) in [5, 5.41) is 5.10. The maximum absolute atomic E-state index is 6.41. The normalized spacial score (nSPS) is 19.5. The van der Waals surface area contributed by atoms with Gasteiger partial charge in [-0.1, -0.05) is 23.7 Å². The van der Waals surface area contributed by atoms with Gasteiger partial charge in [-0.15, -0.1) is 0 Å². The molecule has 1 atom stereocenters. The van der Waals surface area contributed by atoms with Crippen LogP contribution in [0.15, 0.2) is 24.3 Å². The maximum Gasteiger partial charge on any atom is 0.134 e. The molecule has 4 heteroatoms. The molecule has 1 aromatic carbocycles. The Morgan fingerprint density at radius 2 is 2.24 bits per heavy atom. The first kappa shape index (κ1) is 14.8. The van der Waals surface area contributed by atoms with Crippen LogP contribution in [0, 0.1) is 6.92 Å². The Hall–Kier alpha value is -1.16. The van der Waals surface area contributed by atoms with Gasteiger partial charge in [0.1, 0.15) is 5.15 Å². The standard InChI is InChI=1S/C17H22ClN3/c1-12-5-6-13-9-14(17(18)20-16(13)8-12)11-21-7-3-4-15(21)10-19-2/h5-6,8-9,15,19H,3-4,7,10-11H2,1-2H3. The number of halogens is 1. The topological polar surface area (TPSA) is 28.2 Å². The van der Waals surface area contributed by atoms with Crippen molar-refractivity contribution in [2.75, 3.05) is 20.1 Å². The summed E-state index contributed by atoms with van der Waals surface area (Å²) in [7, 11) is 2.02. The average molecular weight is 304 g/mol. The molecule has 0 radical (unpaired) electrons. The molecule has 0 aliphatic carbocycles. The summed E-state index contributed by atoms with van der Waals surface area (Å²) in [6.45, 7) is 5.16. The molecule has 21 heavy (non-hydrogen) atoms. The fourth-order valence-corrected chi connectivity index (χ4v) is 3.40. The second-order valence-electron chi connectivity index (χ2n) is 5.96. The number of hydrogen-bond acceptors (Lipinski definition) is 3. The summed E-state index contributed by atoms with van der Waals surface area (Å²) in [5.74, 6) is 0. The molecule has 0 amide bonds. The third-order valence-corrected chi connectivity index (χ3v) is 4.64. The van der Waals surface area contributed by atoms with Gasteiger partial charge in [-0.3, -0.25) is 4.90 Å². The highest BCUT2D eigenvalue weighted by Crippen LogP contribution is 2.26. The summed E-state index contributed by atoms with van der Waals surface area (Å²) in [6, 6.07) is 9.15. The fourth-order valence-electron chi connectivity index (χ4n) is 3.20. The van der Waals surface area contributed by atoms with Crippen LogP contribution in [0.1, 0.15) is 24.0 Å². The van der Waals surface area contributed by atoms with E-state index in [0.29, 0.717) is 11.2 Å². The summed E-state index contributed by atoms with van der Waals surface area (Å²) in [5.41, 5.74) is 3.33. The van der Waals surface area contributed by atoms with Gasteiger partial charge < -0.3 is 5.32 Å². The van der Waals surface area contributed by atoms with Crippen molar-refractivity contribution in [3.63, 3.8) is 0 Å². The van der Waals surface area contributed by atoms with E-state index in [9.17, 15) is 0 Å². The van der Waals surface area contributed by atoms with E-state index in [4.69, 9.17) is 11.6 Å². The Morgan fingerprint density at radius 1 is 1.38 bits per heavy atom. The summed E-state index contributed by atoms with van der Waals surface area (Å²) < 4.78 is 0. The van der Waals surface area contributed by atoms with Crippen molar-refractivity contribution in [1.29, 1.82) is 0 Å². The molecular formula is C17H22ClN3. The molecule has 2 heterocycles. The first-order valence-corrected chi connectivity index (χ1v) is 7.99. The van der Waals surface area contributed by atoms with Crippen LogP contribution in [0.25, 0.3) is 10.9 Å². The highest BCUT2D eigenvalue weighted by Gasteiger charge is 2.24. The van der Waals surface area contributed by atoms with Gasteiger partial charge in [0.2, 0.25) is 0 Å². The van der Waals surface area contributed by atoms with Crippen LogP contribution in [0.5, 0.6) is 0 Å². The molecule has 2 aromatic rings. The molecule has 0 spiro atoms. The summed E-state index contributed by atoms with van der Waals surface area (Å²) >= 11 is 6.41. The smallest absolute Gasteiger partial charge is 0.134 e. The Bertz CT molecular complexity index is 641. The quantitative estimate of drug-likeness (QED) is 0.878. The largest absolute Gasteiger partial charge is 0.318 e. The van der Waals surface area contributed by atoms with E-state index in [2.05, 4.69) is 46.4 Å². The lowest BCUT2D eigenvalue weighted by atomic mass is 10.1. The second kappa shape index (κ2) is 6.30. The van der Waals surface area contributed by atoms with Crippen LogP contribution < -0.4 is 5.32 Å². The number of likely N-dealkylation sites (tertiary alicyclic amines) is 1. The number of nitrogens with one attached hydrogen (secondary N) is 1. The highest BCUT2D eigenvalue weighted by atomic mass is 35.5. The molecule has 1 unspecified atom stereocenters. The zero-order chi connectivity index (χ0) is 14.8. The van der Waals surface area contributed by atoms with Gasteiger partial charge in [0, 0.05) is 30.1 Å². The van der Waals surface area contributed by atoms with Gasteiger partial charge in [0.05, 0.1) is 5.52 Å². The number of pyridine rings is 1. The number of hydrogen-bond donors (Lipinski definition) is 1. The van der Waals surface area contributed by atoms with E-state index in [1.54, 1.807) is 0 Å². The van der Waals surface area contributed by atoms with Gasteiger partial charge in [0.15, 0.2) is 0 Å². The van der Waals surface area contributed by atoms with E-state index >= 15 is 0 Å². The second-order valence-corrected chi connectivity index (χ2v) is 6.32. The molecule has 3 rings (SSSR count). The first-order valence-electron chi connectivity index (χ1n) is 7.62. The minimum atomic E-state index is 0.611. The molecule has 0 saturated carbocycles. The van der Waals surface area contributed by atoms with E-state index < -0.39 is 0 Å². The van der Waals surface area contributed by atoms with Crippen molar-refractivity contribution in [3.05, 3.63) is 40.5 Å². The van der Waals surface area contributed by atoms with Crippen molar-refractivity contribution in [2.45, 2.75) is 32.4 Å².